The summed E-state index contributed by atoms with van der Waals surface area (Å²) in [4.78, 5) is -0.867. The molecule has 0 unspecified atom stereocenters. The van der Waals surface area contributed by atoms with Crippen molar-refractivity contribution in [1.82, 2.24) is 0 Å². The van der Waals surface area contributed by atoms with Crippen molar-refractivity contribution in [3.63, 3.8) is 0 Å². The third kappa shape index (κ3) is 1.63. The van der Waals surface area contributed by atoms with Gasteiger partial charge in [0.1, 0.15) is 6.04 Å². The fraction of sp³-hybridized carbons (Fsp3) is 1.00. The molecule has 0 aromatic rings. The lowest BCUT2D eigenvalue weighted by Gasteiger charge is -2.38. The molecule has 2 aliphatic rings. The van der Waals surface area contributed by atoms with Crippen molar-refractivity contribution < 1.29 is 31.7 Å². The Balaban J connectivity index is 2.48. The first kappa shape index (κ1) is 13.7. The van der Waals surface area contributed by atoms with Crippen LogP contribution >= 0.6 is 27.5 Å². The minimum absolute atomic E-state index is 0.280. The Labute approximate surface area is 106 Å². The van der Waals surface area contributed by atoms with Gasteiger partial charge in [-0.2, -0.15) is 26.3 Å². The van der Waals surface area contributed by atoms with Crippen molar-refractivity contribution >= 4 is 27.5 Å². The predicted octanol–water partition coefficient (Wildman–Crippen LogP) is 2.19. The Morgan fingerprint density at radius 2 is 1.59 bits per heavy atom. The second-order valence-electron chi connectivity index (χ2n) is 4.41. The molecule has 17 heavy (non-hydrogen) atoms. The first-order chi connectivity index (χ1) is 7.52. The Bertz CT molecular complexity index is 315. The lowest BCUT2D eigenvalue weighted by atomic mass is 9.82. The number of hydrogen-bond acceptors (Lipinski definition) is 0. The van der Waals surface area contributed by atoms with E-state index in [9.17, 15) is 26.3 Å². The molecule has 1 saturated heterocycles. The molecule has 1 saturated carbocycles. The molecule has 0 aromatic heterocycles. The molecule has 1 heterocycles. The summed E-state index contributed by atoms with van der Waals surface area (Å²) in [7, 11) is 0. The molecule has 100 valence electrons. The summed E-state index contributed by atoms with van der Waals surface area (Å²) < 4.78 is 77.1. The summed E-state index contributed by atoms with van der Waals surface area (Å²) in [5.74, 6) is -1.57. The van der Waals surface area contributed by atoms with Gasteiger partial charge in [0.15, 0.2) is 0 Å². The number of halogens is 8. The van der Waals surface area contributed by atoms with Gasteiger partial charge in [0.05, 0.1) is 16.1 Å². The first-order valence-corrected chi connectivity index (χ1v) is 6.15. The van der Waals surface area contributed by atoms with Crippen LogP contribution in [-0.4, -0.2) is 34.1 Å². The smallest absolute Gasteiger partial charge is 0.321 e. The minimum Gasteiger partial charge on any atom is -0.321 e. The van der Waals surface area contributed by atoms with Gasteiger partial charge < -0.3 is 5.32 Å². The summed E-state index contributed by atoms with van der Waals surface area (Å²) in [5, 5.41) is -0.319. The summed E-state index contributed by atoms with van der Waals surface area (Å²) in [6.45, 7) is 0. The average Bonchev–Trinajstić information content (AvgIpc) is 2.53. The van der Waals surface area contributed by atoms with Crippen LogP contribution in [0.25, 0.3) is 0 Å². The van der Waals surface area contributed by atoms with Crippen LogP contribution in [0, 0.1) is 5.92 Å². The van der Waals surface area contributed by atoms with E-state index in [0.29, 0.717) is 5.32 Å². The third-order valence-electron chi connectivity index (χ3n) is 3.63. The van der Waals surface area contributed by atoms with Crippen LogP contribution in [-0.2, 0) is 0 Å². The molecular formula is C8H8BrClF6N+. The second-order valence-corrected chi connectivity index (χ2v) is 6.03. The second kappa shape index (κ2) is 3.66. The van der Waals surface area contributed by atoms with E-state index in [1.54, 1.807) is 0 Å². The van der Waals surface area contributed by atoms with Crippen molar-refractivity contribution in [2.45, 2.75) is 40.6 Å². The zero-order valence-corrected chi connectivity index (χ0v) is 10.5. The van der Waals surface area contributed by atoms with Crippen molar-refractivity contribution in [2.24, 2.45) is 5.92 Å². The average molecular weight is 348 g/mol. The zero-order chi connectivity index (χ0) is 13.2. The topological polar surface area (TPSA) is 16.6 Å². The molecule has 9 heteroatoms. The van der Waals surface area contributed by atoms with E-state index >= 15 is 0 Å². The Hall–Kier alpha value is 0.310. The Morgan fingerprint density at radius 1 is 1.12 bits per heavy atom. The SMILES string of the molecule is FC(F)(F)C1(C(F)(F)F)[NH2+][C@@H]2[C@H](Br)[C@H]1C[C@@H]2Cl. The number of hydrogen-bond donors (Lipinski definition) is 1. The van der Waals surface area contributed by atoms with E-state index in [2.05, 4.69) is 15.9 Å². The van der Waals surface area contributed by atoms with Gasteiger partial charge in [-0.3, -0.25) is 0 Å². The zero-order valence-electron chi connectivity index (χ0n) is 8.12. The lowest BCUT2D eigenvalue weighted by molar-refractivity contribution is -0.794. The van der Waals surface area contributed by atoms with Crippen LogP contribution in [0.1, 0.15) is 6.42 Å². The van der Waals surface area contributed by atoms with Gasteiger partial charge in [-0.1, -0.05) is 15.9 Å². The molecule has 1 aliphatic heterocycles. The maximum absolute atomic E-state index is 12.9. The van der Waals surface area contributed by atoms with E-state index in [4.69, 9.17) is 11.6 Å². The molecule has 0 radical (unpaired) electrons. The maximum Gasteiger partial charge on any atom is 0.454 e. The Morgan fingerprint density at radius 3 is 1.82 bits per heavy atom. The molecule has 0 amide bonds. The van der Waals surface area contributed by atoms with Crippen molar-refractivity contribution in [3.05, 3.63) is 0 Å². The highest BCUT2D eigenvalue weighted by Crippen LogP contribution is 2.55. The quantitative estimate of drug-likeness (QED) is 0.511. The number of rotatable bonds is 0. The van der Waals surface area contributed by atoms with E-state index in [1.165, 1.54) is 0 Å². The largest absolute Gasteiger partial charge is 0.454 e. The Kier molecular flexibility index (Phi) is 2.96. The van der Waals surface area contributed by atoms with E-state index in [0.717, 1.165) is 0 Å². The van der Waals surface area contributed by atoms with Crippen LogP contribution in [0.4, 0.5) is 26.3 Å². The van der Waals surface area contributed by atoms with Gasteiger partial charge in [0, 0.05) is 0 Å². The number of quaternary nitrogens is 1. The summed E-state index contributed by atoms with van der Waals surface area (Å²) in [6.07, 6.45) is -11.0. The fourth-order valence-corrected chi connectivity index (χ4v) is 4.58. The molecule has 2 bridgehead atoms. The third-order valence-corrected chi connectivity index (χ3v) is 5.34. The van der Waals surface area contributed by atoms with E-state index in [1.807, 2.05) is 0 Å². The molecule has 1 aliphatic carbocycles. The molecule has 1 nitrogen and oxygen atoms in total. The minimum atomic E-state index is -5.34. The van der Waals surface area contributed by atoms with Gasteiger partial charge in [-0.15, -0.1) is 11.6 Å². The summed E-state index contributed by atoms with van der Waals surface area (Å²) in [5.41, 5.74) is -3.72. The molecule has 2 rings (SSSR count). The molecule has 4 atom stereocenters. The van der Waals surface area contributed by atoms with Crippen molar-refractivity contribution in [1.29, 1.82) is 0 Å². The highest BCUT2D eigenvalue weighted by Gasteiger charge is 2.85. The summed E-state index contributed by atoms with van der Waals surface area (Å²) in [6, 6.07) is -0.898. The van der Waals surface area contributed by atoms with Crippen LogP contribution in [0.15, 0.2) is 0 Å². The number of alkyl halides is 8. The normalized spacial score (nSPS) is 40.9. The standard InChI is InChI=1S/C8H7BrClF6N/c9-4-2-1-3(10)5(4)17-6(2,7(11,12)13)8(14,15)16/h2-5,17H,1H2/p+1/t2-,3+,4-,5+/m1/s1. The van der Waals surface area contributed by atoms with Crippen LogP contribution in [0.3, 0.4) is 0 Å². The number of piperidine rings is 1. The van der Waals surface area contributed by atoms with Crippen molar-refractivity contribution in [3.8, 4) is 0 Å². The monoisotopic (exact) mass is 346 g/mol. The predicted molar refractivity (Wildman–Crippen MR) is 51.0 cm³/mol. The van der Waals surface area contributed by atoms with Crippen molar-refractivity contribution in [2.75, 3.05) is 0 Å². The van der Waals surface area contributed by atoms with Crippen LogP contribution in [0.5, 0.6) is 0 Å². The molecule has 2 fully saturated rings. The molecule has 2 N–H and O–H groups in total. The maximum atomic E-state index is 12.9. The highest BCUT2D eigenvalue weighted by molar-refractivity contribution is 9.09. The molecule has 0 aromatic carbocycles. The van der Waals surface area contributed by atoms with Crippen LogP contribution < -0.4 is 5.32 Å². The van der Waals surface area contributed by atoms with Gasteiger partial charge in [-0.05, 0) is 6.42 Å². The van der Waals surface area contributed by atoms with Gasteiger partial charge in [0.25, 0.3) is 5.54 Å². The van der Waals surface area contributed by atoms with Gasteiger partial charge >= 0.3 is 12.4 Å². The summed E-state index contributed by atoms with van der Waals surface area (Å²) >= 11 is 8.65. The number of nitrogens with two attached hydrogens (primary N) is 1. The van der Waals surface area contributed by atoms with Crippen LogP contribution in [0.2, 0.25) is 0 Å². The number of fused-ring (bicyclic) bond motifs is 2. The van der Waals surface area contributed by atoms with Gasteiger partial charge in [0.2, 0.25) is 0 Å². The molecule has 0 spiro atoms. The highest BCUT2D eigenvalue weighted by atomic mass is 79.9. The molecular weight excluding hydrogens is 339 g/mol. The van der Waals surface area contributed by atoms with E-state index in [-0.39, 0.29) is 6.42 Å². The lowest BCUT2D eigenvalue weighted by Crippen LogP contribution is -3.07. The van der Waals surface area contributed by atoms with E-state index < -0.39 is 40.1 Å². The first-order valence-electron chi connectivity index (χ1n) is 4.80. The van der Waals surface area contributed by atoms with Gasteiger partial charge in [-0.25, -0.2) is 0 Å². The fourth-order valence-electron chi connectivity index (χ4n) is 2.83.